The SMILES string of the molecule is C=C1CC[C@]2(C)CC[C@]3(C)[C@H](CCC4[C@@]5(C)CCC(OC(=O)C=Cc6ccccc6)C(C)(C)C5CC[C@]43C)[C@@H]2C1C. The molecule has 0 radical (unpaired) electrons. The molecule has 0 bridgehead atoms. The van der Waals surface area contributed by atoms with Crippen molar-refractivity contribution in [3.8, 4) is 0 Å². The van der Waals surface area contributed by atoms with E-state index in [1.807, 2.05) is 36.4 Å². The third kappa shape index (κ3) is 4.27. The number of hydrogen-bond acceptors (Lipinski definition) is 2. The molecule has 41 heavy (non-hydrogen) atoms. The molecule has 0 N–H and O–H groups in total. The van der Waals surface area contributed by atoms with Gasteiger partial charge in [0.05, 0.1) is 0 Å². The highest BCUT2D eigenvalue weighted by molar-refractivity contribution is 5.87. The van der Waals surface area contributed by atoms with Gasteiger partial charge in [-0.25, -0.2) is 4.79 Å². The van der Waals surface area contributed by atoms with E-state index >= 15 is 0 Å². The van der Waals surface area contributed by atoms with Crippen LogP contribution in [0.2, 0.25) is 0 Å². The van der Waals surface area contributed by atoms with Crippen molar-refractivity contribution < 1.29 is 9.53 Å². The first-order valence-corrected chi connectivity index (χ1v) is 16.9. The Morgan fingerprint density at radius 2 is 1.59 bits per heavy atom. The van der Waals surface area contributed by atoms with Crippen molar-refractivity contribution in [3.05, 3.63) is 54.1 Å². The molecule has 0 saturated heterocycles. The molecule has 10 atom stereocenters. The van der Waals surface area contributed by atoms with Gasteiger partial charge in [0.15, 0.2) is 0 Å². The average Bonchev–Trinajstić information content (AvgIpc) is 2.93. The Kier molecular flexibility index (Phi) is 7.03. The summed E-state index contributed by atoms with van der Waals surface area (Å²) in [7, 11) is 0. The van der Waals surface area contributed by atoms with Gasteiger partial charge in [0.2, 0.25) is 0 Å². The van der Waals surface area contributed by atoms with Crippen molar-refractivity contribution in [3.63, 3.8) is 0 Å². The van der Waals surface area contributed by atoms with Crippen molar-refractivity contribution >= 4 is 12.0 Å². The summed E-state index contributed by atoms with van der Waals surface area (Å²) in [5.74, 6) is 3.40. The summed E-state index contributed by atoms with van der Waals surface area (Å²) in [5, 5.41) is 0. The van der Waals surface area contributed by atoms with Crippen LogP contribution in [0.25, 0.3) is 6.08 Å². The lowest BCUT2D eigenvalue weighted by Crippen LogP contribution is -2.67. The second-order valence-corrected chi connectivity index (χ2v) is 16.8. The Morgan fingerprint density at radius 1 is 0.854 bits per heavy atom. The second kappa shape index (κ2) is 9.85. The number of allylic oxidation sites excluding steroid dienone is 1. The lowest BCUT2D eigenvalue weighted by Gasteiger charge is -2.73. The van der Waals surface area contributed by atoms with Crippen molar-refractivity contribution in [2.24, 2.45) is 56.7 Å². The normalized spacial score (nSPS) is 47.0. The van der Waals surface area contributed by atoms with E-state index in [2.05, 4.69) is 55.0 Å². The lowest BCUT2D eigenvalue weighted by atomic mass is 9.31. The van der Waals surface area contributed by atoms with Gasteiger partial charge >= 0.3 is 5.97 Å². The fourth-order valence-electron chi connectivity index (χ4n) is 12.5. The van der Waals surface area contributed by atoms with Crippen LogP contribution in [-0.4, -0.2) is 12.1 Å². The first kappa shape index (κ1) is 29.3. The summed E-state index contributed by atoms with van der Waals surface area (Å²) in [6.07, 6.45) is 16.4. The van der Waals surface area contributed by atoms with Gasteiger partial charge in [-0.1, -0.05) is 91.0 Å². The third-order valence-electron chi connectivity index (χ3n) is 15.0. The molecule has 2 nitrogen and oxygen atoms in total. The summed E-state index contributed by atoms with van der Waals surface area (Å²) >= 11 is 0. The molecule has 224 valence electrons. The van der Waals surface area contributed by atoms with Gasteiger partial charge in [0, 0.05) is 11.5 Å². The first-order chi connectivity index (χ1) is 19.3. The maximum absolute atomic E-state index is 13.0. The zero-order chi connectivity index (χ0) is 29.4. The van der Waals surface area contributed by atoms with Crippen molar-refractivity contribution in [1.82, 2.24) is 0 Å². The molecule has 5 aliphatic carbocycles. The van der Waals surface area contributed by atoms with Gasteiger partial charge in [-0.3, -0.25) is 0 Å². The molecule has 6 rings (SSSR count). The van der Waals surface area contributed by atoms with Gasteiger partial charge in [0.1, 0.15) is 6.10 Å². The predicted octanol–water partition coefficient (Wildman–Crippen LogP) is 10.3. The smallest absolute Gasteiger partial charge is 0.331 e. The molecule has 0 spiro atoms. The first-order valence-electron chi connectivity index (χ1n) is 16.9. The Morgan fingerprint density at radius 3 is 2.32 bits per heavy atom. The van der Waals surface area contributed by atoms with Gasteiger partial charge in [-0.2, -0.15) is 0 Å². The fourth-order valence-corrected chi connectivity index (χ4v) is 12.5. The molecule has 5 aliphatic rings. The molecule has 0 amide bonds. The highest BCUT2D eigenvalue weighted by Crippen LogP contribution is 2.77. The van der Waals surface area contributed by atoms with E-state index in [0.717, 1.165) is 29.7 Å². The number of ether oxygens (including phenoxy) is 1. The number of benzene rings is 1. The fraction of sp³-hybridized carbons (Fsp3) is 0.718. The van der Waals surface area contributed by atoms with E-state index in [4.69, 9.17) is 4.74 Å². The van der Waals surface area contributed by atoms with E-state index < -0.39 is 0 Å². The number of fused-ring (bicyclic) bond motifs is 7. The minimum Gasteiger partial charge on any atom is -0.459 e. The average molecular weight is 557 g/mol. The van der Waals surface area contributed by atoms with Crippen LogP contribution in [-0.2, 0) is 9.53 Å². The molecule has 5 saturated carbocycles. The van der Waals surface area contributed by atoms with Crippen LogP contribution < -0.4 is 0 Å². The van der Waals surface area contributed by atoms with Gasteiger partial charge in [-0.05, 0) is 127 Å². The predicted molar refractivity (Wildman–Crippen MR) is 170 cm³/mol. The summed E-state index contributed by atoms with van der Waals surface area (Å²) in [6.45, 7) is 22.6. The molecular weight excluding hydrogens is 500 g/mol. The van der Waals surface area contributed by atoms with E-state index in [1.54, 1.807) is 6.08 Å². The topological polar surface area (TPSA) is 26.3 Å². The zero-order valence-electron chi connectivity index (χ0n) is 27.1. The molecule has 1 aromatic rings. The monoisotopic (exact) mass is 556 g/mol. The van der Waals surface area contributed by atoms with E-state index in [-0.39, 0.29) is 17.5 Å². The second-order valence-electron chi connectivity index (χ2n) is 16.8. The van der Waals surface area contributed by atoms with Crippen molar-refractivity contribution in [2.75, 3.05) is 0 Å². The third-order valence-corrected chi connectivity index (χ3v) is 15.0. The maximum Gasteiger partial charge on any atom is 0.331 e. The van der Waals surface area contributed by atoms with Crippen LogP contribution in [0.3, 0.4) is 0 Å². The number of carbonyl (C=O) groups excluding carboxylic acids is 1. The largest absolute Gasteiger partial charge is 0.459 e. The van der Waals surface area contributed by atoms with Crippen LogP contribution >= 0.6 is 0 Å². The van der Waals surface area contributed by atoms with Crippen LogP contribution in [0.15, 0.2) is 48.6 Å². The number of esters is 1. The highest BCUT2D eigenvalue weighted by atomic mass is 16.5. The molecule has 0 aliphatic heterocycles. The highest BCUT2D eigenvalue weighted by Gasteiger charge is 2.70. The lowest BCUT2D eigenvalue weighted by molar-refractivity contribution is -0.253. The molecule has 2 heteroatoms. The summed E-state index contributed by atoms with van der Waals surface area (Å²) in [6, 6.07) is 10.0. The Bertz CT molecular complexity index is 1210. The van der Waals surface area contributed by atoms with E-state index in [0.29, 0.717) is 33.5 Å². The molecule has 0 heterocycles. The van der Waals surface area contributed by atoms with Gasteiger partial charge in [0.25, 0.3) is 0 Å². The number of hydrogen-bond donors (Lipinski definition) is 0. The molecule has 1 aromatic carbocycles. The maximum atomic E-state index is 13.0. The Hall–Kier alpha value is -1.83. The molecule has 0 aromatic heterocycles. The minimum absolute atomic E-state index is 0.0192. The minimum atomic E-state index is -0.197. The summed E-state index contributed by atoms with van der Waals surface area (Å²) < 4.78 is 6.25. The van der Waals surface area contributed by atoms with Crippen LogP contribution in [0.5, 0.6) is 0 Å². The quantitative estimate of drug-likeness (QED) is 0.210. The van der Waals surface area contributed by atoms with Crippen LogP contribution in [0.4, 0.5) is 0 Å². The summed E-state index contributed by atoms with van der Waals surface area (Å²) in [5.41, 5.74) is 4.10. The van der Waals surface area contributed by atoms with Crippen molar-refractivity contribution in [1.29, 1.82) is 0 Å². The van der Waals surface area contributed by atoms with Crippen LogP contribution in [0, 0.1) is 56.7 Å². The van der Waals surface area contributed by atoms with E-state index in [1.165, 1.54) is 63.4 Å². The number of rotatable bonds is 3. The molecule has 5 fully saturated rings. The summed E-state index contributed by atoms with van der Waals surface area (Å²) in [4.78, 5) is 13.0. The van der Waals surface area contributed by atoms with E-state index in [9.17, 15) is 4.79 Å². The molecule has 4 unspecified atom stereocenters. The Balaban J connectivity index is 1.24. The van der Waals surface area contributed by atoms with Crippen LogP contribution in [0.1, 0.15) is 118 Å². The zero-order valence-corrected chi connectivity index (χ0v) is 27.1. The number of carbonyl (C=O) groups is 1. The van der Waals surface area contributed by atoms with Gasteiger partial charge < -0.3 is 4.74 Å². The Labute approximate surface area is 250 Å². The van der Waals surface area contributed by atoms with Crippen molar-refractivity contribution in [2.45, 2.75) is 119 Å². The molecular formula is C39H56O2. The standard InChI is InChI=1S/C39H56O2/c1-26-18-21-36(5)24-25-38(7)29(34(36)27(26)2)15-16-31-37(6)22-20-32(35(3,4)30(37)19-23-39(31,38)8)41-33(40)17-14-28-12-10-9-11-13-28/h9-14,17,27,29-32,34H,1,15-16,18-25H2,2-8H3/t27?,29-,30?,31?,32?,34+,36-,37+,38-,39-/m1/s1. The van der Waals surface area contributed by atoms with Gasteiger partial charge in [-0.15, -0.1) is 0 Å².